The molecule has 0 amide bonds. The summed E-state index contributed by atoms with van der Waals surface area (Å²) >= 11 is 9.98. The van der Waals surface area contributed by atoms with E-state index in [2.05, 4.69) is 47.2 Å². The lowest BCUT2D eigenvalue weighted by atomic mass is 9.75. The van der Waals surface area contributed by atoms with Crippen molar-refractivity contribution < 1.29 is 0 Å². The van der Waals surface area contributed by atoms with Crippen LogP contribution in [0, 0.1) is 11.8 Å². The van der Waals surface area contributed by atoms with Crippen LogP contribution in [0.4, 0.5) is 0 Å². The Morgan fingerprint density at radius 3 is 2.80 bits per heavy atom. The van der Waals surface area contributed by atoms with Crippen LogP contribution in [0.2, 0.25) is 5.02 Å². The van der Waals surface area contributed by atoms with E-state index < -0.39 is 0 Å². The molecule has 112 valence electrons. The van der Waals surface area contributed by atoms with E-state index in [1.807, 2.05) is 6.07 Å². The minimum Gasteiger partial charge on any atom is -0.310 e. The first kappa shape index (κ1) is 16.3. The fourth-order valence-electron chi connectivity index (χ4n) is 3.51. The summed E-state index contributed by atoms with van der Waals surface area (Å²) in [6.07, 6.45) is 6.73. The van der Waals surface area contributed by atoms with Gasteiger partial charge < -0.3 is 5.32 Å². The Hall–Kier alpha value is -0.0500. The third kappa shape index (κ3) is 3.99. The fourth-order valence-corrected chi connectivity index (χ4v) is 4.30. The molecule has 3 unspecified atom stereocenters. The van der Waals surface area contributed by atoms with Crippen LogP contribution in [0.3, 0.4) is 0 Å². The lowest BCUT2D eigenvalue weighted by Gasteiger charge is -2.35. The van der Waals surface area contributed by atoms with Crippen LogP contribution in [-0.2, 0) is 0 Å². The van der Waals surface area contributed by atoms with E-state index in [4.69, 9.17) is 11.6 Å². The van der Waals surface area contributed by atoms with Crippen LogP contribution in [0.1, 0.15) is 57.6 Å². The zero-order chi connectivity index (χ0) is 14.5. The largest absolute Gasteiger partial charge is 0.310 e. The van der Waals surface area contributed by atoms with Crippen LogP contribution >= 0.6 is 27.5 Å². The minimum atomic E-state index is 0.398. The highest BCUT2D eigenvalue weighted by Gasteiger charge is 2.29. The molecule has 0 saturated heterocycles. The highest BCUT2D eigenvalue weighted by atomic mass is 79.9. The number of benzene rings is 1. The lowest BCUT2D eigenvalue weighted by molar-refractivity contribution is 0.210. The molecule has 1 nitrogen and oxygen atoms in total. The summed E-state index contributed by atoms with van der Waals surface area (Å²) in [6, 6.07) is 6.69. The van der Waals surface area contributed by atoms with Crippen molar-refractivity contribution in [1.29, 1.82) is 0 Å². The number of nitrogens with one attached hydrogen (secondary N) is 1. The van der Waals surface area contributed by atoms with Crippen LogP contribution < -0.4 is 5.32 Å². The molecule has 20 heavy (non-hydrogen) atoms. The number of hydrogen-bond donors (Lipinski definition) is 1. The van der Waals surface area contributed by atoms with Gasteiger partial charge in [-0.15, -0.1) is 0 Å². The van der Waals surface area contributed by atoms with E-state index >= 15 is 0 Å². The SMILES string of the molecule is CCNC(c1ccc(Br)cc1Cl)C1CCCC(CC)C1. The fraction of sp³-hybridized carbons (Fsp3) is 0.647. The summed E-state index contributed by atoms with van der Waals surface area (Å²) in [6.45, 7) is 5.49. The average molecular weight is 359 g/mol. The lowest BCUT2D eigenvalue weighted by Crippen LogP contribution is -2.31. The van der Waals surface area contributed by atoms with Crippen molar-refractivity contribution in [2.75, 3.05) is 6.54 Å². The Morgan fingerprint density at radius 1 is 1.35 bits per heavy atom. The van der Waals surface area contributed by atoms with E-state index in [-0.39, 0.29) is 0 Å². The molecule has 1 fully saturated rings. The quantitative estimate of drug-likeness (QED) is 0.683. The van der Waals surface area contributed by atoms with Gasteiger partial charge in [0, 0.05) is 15.5 Å². The van der Waals surface area contributed by atoms with Crippen molar-refractivity contribution in [3.05, 3.63) is 33.3 Å². The van der Waals surface area contributed by atoms with Crippen molar-refractivity contribution in [3.63, 3.8) is 0 Å². The van der Waals surface area contributed by atoms with Crippen molar-refractivity contribution in [1.82, 2.24) is 5.32 Å². The summed E-state index contributed by atoms with van der Waals surface area (Å²) in [5.74, 6) is 1.61. The van der Waals surface area contributed by atoms with Gasteiger partial charge >= 0.3 is 0 Å². The summed E-state index contributed by atoms with van der Waals surface area (Å²) in [5, 5.41) is 4.55. The second kappa shape index (κ2) is 7.82. The zero-order valence-electron chi connectivity index (χ0n) is 12.5. The summed E-state index contributed by atoms with van der Waals surface area (Å²) < 4.78 is 1.05. The van der Waals surface area contributed by atoms with Crippen LogP contribution in [0.15, 0.2) is 22.7 Å². The van der Waals surface area contributed by atoms with Crippen molar-refractivity contribution in [2.45, 2.75) is 52.0 Å². The van der Waals surface area contributed by atoms with Gasteiger partial charge in [0.05, 0.1) is 0 Å². The van der Waals surface area contributed by atoms with Gasteiger partial charge in [-0.1, -0.05) is 66.7 Å². The number of halogens is 2. The van der Waals surface area contributed by atoms with Gasteiger partial charge in [-0.25, -0.2) is 0 Å². The van der Waals surface area contributed by atoms with Gasteiger partial charge in [0.2, 0.25) is 0 Å². The van der Waals surface area contributed by atoms with Gasteiger partial charge in [0.25, 0.3) is 0 Å². The van der Waals surface area contributed by atoms with E-state index in [0.29, 0.717) is 12.0 Å². The van der Waals surface area contributed by atoms with E-state index in [9.17, 15) is 0 Å². The second-order valence-electron chi connectivity index (χ2n) is 5.90. The maximum Gasteiger partial charge on any atom is 0.0465 e. The molecule has 1 aromatic carbocycles. The van der Waals surface area contributed by atoms with Crippen LogP contribution in [0.25, 0.3) is 0 Å². The topological polar surface area (TPSA) is 12.0 Å². The van der Waals surface area contributed by atoms with Crippen molar-refractivity contribution >= 4 is 27.5 Å². The molecule has 1 aliphatic rings. The van der Waals surface area contributed by atoms with E-state index in [0.717, 1.165) is 22.0 Å². The zero-order valence-corrected chi connectivity index (χ0v) is 14.8. The monoisotopic (exact) mass is 357 g/mol. The summed E-state index contributed by atoms with van der Waals surface area (Å²) in [5.41, 5.74) is 1.26. The second-order valence-corrected chi connectivity index (χ2v) is 7.23. The Labute approximate surface area is 136 Å². The predicted octanol–water partition coefficient (Wildman–Crippen LogP) is 5.97. The average Bonchev–Trinajstić information content (AvgIpc) is 2.45. The van der Waals surface area contributed by atoms with Crippen molar-refractivity contribution in [2.24, 2.45) is 11.8 Å². The first-order valence-electron chi connectivity index (χ1n) is 7.84. The molecular weight excluding hydrogens is 334 g/mol. The molecule has 2 rings (SSSR count). The highest BCUT2D eigenvalue weighted by Crippen LogP contribution is 2.40. The third-order valence-electron chi connectivity index (χ3n) is 4.59. The minimum absolute atomic E-state index is 0.398. The summed E-state index contributed by atoms with van der Waals surface area (Å²) in [4.78, 5) is 0. The number of hydrogen-bond acceptors (Lipinski definition) is 1. The third-order valence-corrected chi connectivity index (χ3v) is 5.41. The molecule has 0 bridgehead atoms. The molecule has 0 heterocycles. The Kier molecular flexibility index (Phi) is 6.38. The molecular formula is C17H25BrClN. The van der Waals surface area contributed by atoms with E-state index in [1.54, 1.807) is 0 Å². The molecule has 1 N–H and O–H groups in total. The maximum atomic E-state index is 6.48. The molecule has 0 aromatic heterocycles. The molecule has 1 aliphatic carbocycles. The Balaban J connectivity index is 2.21. The Morgan fingerprint density at radius 2 is 2.15 bits per heavy atom. The smallest absolute Gasteiger partial charge is 0.0465 e. The predicted molar refractivity (Wildman–Crippen MR) is 91.3 cm³/mol. The van der Waals surface area contributed by atoms with Crippen molar-refractivity contribution in [3.8, 4) is 0 Å². The molecule has 0 spiro atoms. The van der Waals surface area contributed by atoms with Gasteiger partial charge in [-0.05, 0) is 48.9 Å². The Bertz CT molecular complexity index is 435. The molecule has 3 atom stereocenters. The summed E-state index contributed by atoms with van der Waals surface area (Å²) in [7, 11) is 0. The van der Waals surface area contributed by atoms with Gasteiger partial charge in [-0.2, -0.15) is 0 Å². The normalized spacial score (nSPS) is 24.6. The molecule has 0 radical (unpaired) electrons. The van der Waals surface area contributed by atoms with Crippen LogP contribution in [-0.4, -0.2) is 6.54 Å². The molecule has 1 saturated carbocycles. The highest BCUT2D eigenvalue weighted by molar-refractivity contribution is 9.10. The van der Waals surface area contributed by atoms with Gasteiger partial charge in [0.1, 0.15) is 0 Å². The molecule has 3 heteroatoms. The number of rotatable bonds is 5. The van der Waals surface area contributed by atoms with Gasteiger partial charge in [-0.3, -0.25) is 0 Å². The van der Waals surface area contributed by atoms with Crippen LogP contribution in [0.5, 0.6) is 0 Å². The standard InChI is InChI=1S/C17H25BrClN/c1-3-12-6-5-7-13(10-12)17(20-4-2)15-9-8-14(18)11-16(15)19/h8-9,11-13,17,20H,3-7,10H2,1-2H3. The first-order chi connectivity index (χ1) is 9.65. The maximum absolute atomic E-state index is 6.48. The molecule has 1 aromatic rings. The first-order valence-corrected chi connectivity index (χ1v) is 9.01. The van der Waals surface area contributed by atoms with E-state index in [1.165, 1.54) is 37.7 Å². The molecule has 0 aliphatic heterocycles. The van der Waals surface area contributed by atoms with Gasteiger partial charge in [0.15, 0.2) is 0 Å².